The van der Waals surface area contributed by atoms with Crippen LogP contribution in [0.5, 0.6) is 0 Å². The molecule has 1 rings (SSSR count). The van der Waals surface area contributed by atoms with E-state index < -0.39 is 10.0 Å². The van der Waals surface area contributed by atoms with Crippen molar-refractivity contribution < 1.29 is 8.42 Å². The summed E-state index contributed by atoms with van der Waals surface area (Å²) in [5.74, 6) is 0. The number of benzene rings is 1. The van der Waals surface area contributed by atoms with Crippen LogP contribution in [0.2, 0.25) is 0 Å². The number of hydrogen-bond donors (Lipinski definition) is 1. The molecule has 1 aromatic carbocycles. The molecule has 0 saturated heterocycles. The van der Waals surface area contributed by atoms with Gasteiger partial charge in [-0.25, -0.2) is 13.1 Å². The first-order valence-corrected chi connectivity index (χ1v) is 7.81. The van der Waals surface area contributed by atoms with E-state index in [0.717, 1.165) is 6.42 Å². The summed E-state index contributed by atoms with van der Waals surface area (Å²) in [4.78, 5) is 0.268. The summed E-state index contributed by atoms with van der Waals surface area (Å²) in [5.41, 5.74) is 0.0879. The predicted octanol–water partition coefficient (Wildman–Crippen LogP) is 3.01. The second-order valence-electron chi connectivity index (χ2n) is 5.53. The van der Waals surface area contributed by atoms with Crippen LogP contribution in [0.25, 0.3) is 0 Å². The van der Waals surface area contributed by atoms with Gasteiger partial charge in [-0.15, -0.1) is 11.6 Å². The van der Waals surface area contributed by atoms with Gasteiger partial charge >= 0.3 is 0 Å². The van der Waals surface area contributed by atoms with E-state index in [2.05, 4.69) is 25.5 Å². The first-order chi connectivity index (χ1) is 8.21. The molecule has 1 aromatic rings. The van der Waals surface area contributed by atoms with E-state index in [4.69, 9.17) is 11.6 Å². The van der Waals surface area contributed by atoms with Crippen LogP contribution >= 0.6 is 11.6 Å². The van der Waals surface area contributed by atoms with Crippen molar-refractivity contribution >= 4 is 21.6 Å². The van der Waals surface area contributed by atoms with Gasteiger partial charge < -0.3 is 0 Å². The van der Waals surface area contributed by atoms with E-state index in [9.17, 15) is 8.42 Å². The highest BCUT2D eigenvalue weighted by Gasteiger charge is 2.19. The van der Waals surface area contributed by atoms with Crippen molar-refractivity contribution in [3.8, 4) is 0 Å². The van der Waals surface area contributed by atoms with Gasteiger partial charge in [0.15, 0.2) is 0 Å². The number of nitrogens with one attached hydrogen (secondary N) is 1. The maximum Gasteiger partial charge on any atom is 0.240 e. The fourth-order valence-electron chi connectivity index (χ4n) is 1.62. The van der Waals surface area contributed by atoms with E-state index in [0.29, 0.717) is 0 Å². The monoisotopic (exact) mass is 289 g/mol. The molecular formula is C13H20ClNO2S. The zero-order valence-corrected chi connectivity index (χ0v) is 12.6. The minimum atomic E-state index is -3.45. The van der Waals surface area contributed by atoms with E-state index in [1.807, 2.05) is 0 Å². The Morgan fingerprint density at radius 2 is 1.78 bits per heavy atom. The van der Waals surface area contributed by atoms with Gasteiger partial charge in [-0.05, 0) is 24.0 Å². The minimum Gasteiger partial charge on any atom is -0.210 e. The quantitative estimate of drug-likeness (QED) is 0.847. The van der Waals surface area contributed by atoms with Gasteiger partial charge in [0.05, 0.1) is 4.90 Å². The molecule has 0 spiro atoms. The van der Waals surface area contributed by atoms with Gasteiger partial charge in [0.1, 0.15) is 0 Å². The lowest BCUT2D eigenvalue weighted by Gasteiger charge is -2.21. The summed E-state index contributed by atoms with van der Waals surface area (Å²) in [5, 5.41) is -0.205. The summed E-state index contributed by atoms with van der Waals surface area (Å²) in [6.45, 7) is 6.48. The average Bonchev–Trinajstić information content (AvgIpc) is 2.26. The molecule has 1 atom stereocenters. The predicted molar refractivity (Wildman–Crippen MR) is 75.3 cm³/mol. The summed E-state index contributed by atoms with van der Waals surface area (Å²) in [7, 11) is -3.45. The normalized spacial score (nSPS) is 14.4. The fourth-order valence-corrected chi connectivity index (χ4v) is 3.35. The Labute approximate surface area is 115 Å². The highest BCUT2D eigenvalue weighted by molar-refractivity contribution is 7.89. The lowest BCUT2D eigenvalue weighted by atomic mass is 9.90. The van der Waals surface area contributed by atoms with Gasteiger partial charge in [0.2, 0.25) is 10.0 Å². The van der Waals surface area contributed by atoms with Crippen LogP contribution in [0, 0.1) is 5.41 Å². The van der Waals surface area contributed by atoms with Crippen molar-refractivity contribution in [2.75, 3.05) is 6.54 Å². The zero-order chi connectivity index (χ0) is 13.8. The van der Waals surface area contributed by atoms with Gasteiger partial charge in [-0.1, -0.05) is 39.0 Å². The number of sulfonamides is 1. The third kappa shape index (κ3) is 5.38. The second-order valence-corrected chi connectivity index (χ2v) is 7.91. The highest BCUT2D eigenvalue weighted by Crippen LogP contribution is 2.23. The van der Waals surface area contributed by atoms with E-state index in [1.54, 1.807) is 30.3 Å². The van der Waals surface area contributed by atoms with Crippen LogP contribution in [-0.2, 0) is 10.0 Å². The largest absolute Gasteiger partial charge is 0.240 e. The summed E-state index contributed by atoms with van der Waals surface area (Å²) >= 11 is 6.13. The maximum absolute atomic E-state index is 11.9. The van der Waals surface area contributed by atoms with E-state index in [-0.39, 0.29) is 22.2 Å². The molecule has 18 heavy (non-hydrogen) atoms. The molecule has 0 amide bonds. The Balaban J connectivity index is 2.58. The maximum atomic E-state index is 11.9. The molecule has 102 valence electrons. The van der Waals surface area contributed by atoms with Gasteiger partial charge in [0, 0.05) is 11.9 Å². The standard InChI is InChI=1S/C13H20ClNO2S/c1-13(2,3)9-11(14)10-15-18(16,17)12-7-5-4-6-8-12/h4-8,11,15H,9-10H2,1-3H3. The Hall–Kier alpha value is -0.580. The third-order valence-corrected chi connectivity index (χ3v) is 4.13. The van der Waals surface area contributed by atoms with E-state index >= 15 is 0 Å². The fraction of sp³-hybridized carbons (Fsp3) is 0.538. The lowest BCUT2D eigenvalue weighted by molar-refractivity contribution is 0.369. The van der Waals surface area contributed by atoms with Crippen LogP contribution in [-0.4, -0.2) is 20.3 Å². The van der Waals surface area contributed by atoms with Crippen molar-refractivity contribution in [2.24, 2.45) is 5.41 Å². The van der Waals surface area contributed by atoms with Crippen molar-refractivity contribution in [1.82, 2.24) is 4.72 Å². The molecule has 3 nitrogen and oxygen atoms in total. The third-order valence-electron chi connectivity index (χ3n) is 2.38. The smallest absolute Gasteiger partial charge is 0.210 e. The van der Waals surface area contributed by atoms with Crippen LogP contribution in [0.3, 0.4) is 0 Å². The molecular weight excluding hydrogens is 270 g/mol. The van der Waals surface area contributed by atoms with Crippen molar-refractivity contribution in [2.45, 2.75) is 37.5 Å². The van der Waals surface area contributed by atoms with Crippen LogP contribution in [0.1, 0.15) is 27.2 Å². The molecule has 1 N–H and O–H groups in total. The summed E-state index contributed by atoms with van der Waals surface area (Å²) in [6.07, 6.45) is 0.756. The summed E-state index contributed by atoms with van der Waals surface area (Å²) in [6, 6.07) is 8.30. The average molecular weight is 290 g/mol. The first-order valence-electron chi connectivity index (χ1n) is 5.89. The molecule has 0 radical (unpaired) electrons. The number of rotatable bonds is 5. The molecule has 0 aromatic heterocycles. The molecule has 0 saturated carbocycles. The number of halogens is 1. The number of alkyl halides is 1. The second kappa shape index (κ2) is 6.04. The lowest BCUT2D eigenvalue weighted by Crippen LogP contribution is -2.31. The Bertz CT molecular complexity index is 466. The topological polar surface area (TPSA) is 46.2 Å². The van der Waals surface area contributed by atoms with Crippen LogP contribution in [0.4, 0.5) is 0 Å². The highest BCUT2D eigenvalue weighted by atomic mass is 35.5. The minimum absolute atomic E-state index is 0.0879. The van der Waals surface area contributed by atoms with Crippen molar-refractivity contribution in [3.05, 3.63) is 30.3 Å². The molecule has 0 bridgehead atoms. The SMILES string of the molecule is CC(C)(C)CC(Cl)CNS(=O)(=O)c1ccccc1. The molecule has 0 heterocycles. The molecule has 0 aliphatic carbocycles. The Kier molecular flexibility index (Phi) is 5.20. The molecule has 1 unspecified atom stereocenters. The number of hydrogen-bond acceptors (Lipinski definition) is 2. The van der Waals surface area contributed by atoms with Crippen molar-refractivity contribution in [1.29, 1.82) is 0 Å². The Morgan fingerprint density at radius 1 is 1.22 bits per heavy atom. The molecule has 0 aliphatic rings. The summed E-state index contributed by atoms with van der Waals surface area (Å²) < 4.78 is 26.4. The molecule has 5 heteroatoms. The van der Waals surface area contributed by atoms with Gasteiger partial charge in [-0.2, -0.15) is 0 Å². The first kappa shape index (κ1) is 15.5. The molecule has 0 aliphatic heterocycles. The van der Waals surface area contributed by atoms with Gasteiger partial charge in [0.25, 0.3) is 0 Å². The zero-order valence-electron chi connectivity index (χ0n) is 11.0. The van der Waals surface area contributed by atoms with E-state index in [1.165, 1.54) is 0 Å². The Morgan fingerprint density at radius 3 is 2.28 bits per heavy atom. The molecule has 0 fully saturated rings. The van der Waals surface area contributed by atoms with Gasteiger partial charge in [-0.3, -0.25) is 0 Å². The van der Waals surface area contributed by atoms with Crippen LogP contribution < -0.4 is 4.72 Å². The van der Waals surface area contributed by atoms with Crippen LogP contribution in [0.15, 0.2) is 35.2 Å². The van der Waals surface area contributed by atoms with Crippen molar-refractivity contribution in [3.63, 3.8) is 0 Å².